The van der Waals surface area contributed by atoms with Crippen molar-refractivity contribution >= 4 is 17.9 Å². The van der Waals surface area contributed by atoms with Gasteiger partial charge in [-0.2, -0.15) is 0 Å². The molecule has 0 bridgehead atoms. The van der Waals surface area contributed by atoms with E-state index in [2.05, 4.69) is 10.6 Å². The van der Waals surface area contributed by atoms with Crippen molar-refractivity contribution in [3.63, 3.8) is 0 Å². The van der Waals surface area contributed by atoms with Gasteiger partial charge in [-0.15, -0.1) is 0 Å². The second-order valence-corrected chi connectivity index (χ2v) is 8.36. The van der Waals surface area contributed by atoms with Crippen LogP contribution in [0.3, 0.4) is 0 Å². The molecule has 2 rings (SSSR count). The first kappa shape index (κ1) is 25.7. The van der Waals surface area contributed by atoms with Crippen molar-refractivity contribution in [1.29, 1.82) is 0 Å². The molecule has 2 aromatic carbocycles. The Kier molecular flexibility index (Phi) is 9.23. The molecule has 0 heterocycles. The molecule has 3 amide bonds. The Morgan fingerprint density at radius 2 is 1.64 bits per heavy atom. The first-order valence-electron chi connectivity index (χ1n) is 10.6. The number of ether oxygens (including phenoxy) is 1. The number of nitrogens with zero attached hydrogens (tertiary/aromatic N) is 1. The summed E-state index contributed by atoms with van der Waals surface area (Å²) >= 11 is 0. The van der Waals surface area contributed by atoms with Crippen LogP contribution >= 0.6 is 0 Å². The number of benzene rings is 2. The first-order valence-corrected chi connectivity index (χ1v) is 10.6. The Balaban J connectivity index is 2.22. The maximum atomic E-state index is 13.2. The fraction of sp³-hybridized carbons (Fsp3) is 0.375. The van der Waals surface area contributed by atoms with Crippen LogP contribution in [0.1, 0.15) is 37.9 Å². The van der Waals surface area contributed by atoms with Crippen molar-refractivity contribution in [2.24, 2.45) is 0 Å². The number of nitrogens with one attached hydrogen (secondary N) is 2. The first-order chi connectivity index (χ1) is 15.6. The van der Waals surface area contributed by atoms with Crippen molar-refractivity contribution in [2.75, 3.05) is 19.7 Å². The van der Waals surface area contributed by atoms with E-state index in [1.807, 2.05) is 30.3 Å². The summed E-state index contributed by atoms with van der Waals surface area (Å²) in [4.78, 5) is 39.3. The third-order valence-corrected chi connectivity index (χ3v) is 4.52. The number of aliphatic hydroxyl groups excluding tert-OH is 1. The quantitative estimate of drug-likeness (QED) is 0.457. The van der Waals surface area contributed by atoms with E-state index in [1.165, 1.54) is 29.2 Å². The van der Waals surface area contributed by atoms with Gasteiger partial charge in [0.15, 0.2) is 0 Å². The lowest BCUT2D eigenvalue weighted by Crippen LogP contribution is -2.48. The molecule has 1 unspecified atom stereocenters. The predicted molar refractivity (Wildman–Crippen MR) is 122 cm³/mol. The average molecular weight is 458 g/mol. The van der Waals surface area contributed by atoms with Crippen LogP contribution in [0.15, 0.2) is 54.6 Å². The second-order valence-electron chi connectivity index (χ2n) is 8.36. The highest BCUT2D eigenvalue weighted by molar-refractivity contribution is 5.90. The van der Waals surface area contributed by atoms with Crippen LogP contribution in [0.5, 0.6) is 5.75 Å². The lowest BCUT2D eigenvalue weighted by molar-refractivity contribution is -0.140. The summed E-state index contributed by atoms with van der Waals surface area (Å²) in [5.74, 6) is -1.04. The van der Waals surface area contributed by atoms with Gasteiger partial charge in [0, 0.05) is 13.1 Å². The maximum Gasteiger partial charge on any atom is 0.408 e. The van der Waals surface area contributed by atoms with Gasteiger partial charge >= 0.3 is 6.09 Å². The van der Waals surface area contributed by atoms with Crippen molar-refractivity contribution in [3.05, 3.63) is 65.7 Å². The summed E-state index contributed by atoms with van der Waals surface area (Å²) in [6, 6.07) is 14.1. The molecule has 0 aliphatic carbocycles. The number of hydrogen-bond acceptors (Lipinski definition) is 6. The van der Waals surface area contributed by atoms with Crippen LogP contribution in [-0.2, 0) is 20.9 Å². The largest absolute Gasteiger partial charge is 0.508 e. The third kappa shape index (κ3) is 8.46. The lowest BCUT2D eigenvalue weighted by Gasteiger charge is -2.31. The summed E-state index contributed by atoms with van der Waals surface area (Å²) in [5.41, 5.74) is 0.587. The summed E-state index contributed by atoms with van der Waals surface area (Å²) in [6.45, 7) is 4.39. The Bertz CT molecular complexity index is 925. The van der Waals surface area contributed by atoms with E-state index in [4.69, 9.17) is 4.74 Å². The molecule has 178 valence electrons. The topological polar surface area (TPSA) is 128 Å². The van der Waals surface area contributed by atoms with Crippen molar-refractivity contribution < 1.29 is 29.3 Å². The summed E-state index contributed by atoms with van der Waals surface area (Å²) < 4.78 is 5.14. The number of hydrogen-bond donors (Lipinski definition) is 4. The van der Waals surface area contributed by atoms with Gasteiger partial charge in [-0.3, -0.25) is 9.59 Å². The Morgan fingerprint density at radius 3 is 2.21 bits per heavy atom. The van der Waals surface area contributed by atoms with Gasteiger partial charge in [0.1, 0.15) is 23.9 Å². The van der Waals surface area contributed by atoms with Gasteiger partial charge in [-0.05, 0) is 44.0 Å². The molecule has 0 saturated carbocycles. The van der Waals surface area contributed by atoms with E-state index in [0.29, 0.717) is 5.56 Å². The smallest absolute Gasteiger partial charge is 0.408 e. The molecule has 0 saturated heterocycles. The molecule has 9 nitrogen and oxygen atoms in total. The second kappa shape index (κ2) is 11.9. The molecule has 4 N–H and O–H groups in total. The number of amides is 3. The standard InChI is InChI=1S/C24H31N3O6/c1-24(2,3)33-23(32)26-16-20(30)27(13-14-28)21(18-9-11-19(29)12-10-18)22(31)25-15-17-7-5-4-6-8-17/h4-12,21,28-29H,13-16H2,1-3H3,(H,25,31)(H,26,32). The van der Waals surface area contributed by atoms with Crippen molar-refractivity contribution in [2.45, 2.75) is 39.0 Å². The van der Waals surface area contributed by atoms with E-state index >= 15 is 0 Å². The molecule has 2 aromatic rings. The van der Waals surface area contributed by atoms with Crippen molar-refractivity contribution in [1.82, 2.24) is 15.5 Å². The molecule has 0 spiro atoms. The van der Waals surface area contributed by atoms with E-state index in [9.17, 15) is 24.6 Å². The van der Waals surface area contributed by atoms with Gasteiger partial charge in [-0.1, -0.05) is 42.5 Å². The molecule has 1 atom stereocenters. The van der Waals surface area contributed by atoms with Crippen LogP contribution in [0.4, 0.5) is 4.79 Å². The van der Waals surface area contributed by atoms with E-state index < -0.39 is 42.7 Å². The van der Waals surface area contributed by atoms with Crippen LogP contribution in [-0.4, -0.2) is 58.3 Å². The number of aromatic hydroxyl groups is 1. The van der Waals surface area contributed by atoms with E-state index in [-0.39, 0.29) is 18.8 Å². The summed E-state index contributed by atoms with van der Waals surface area (Å²) in [7, 11) is 0. The van der Waals surface area contributed by atoms with Crippen molar-refractivity contribution in [3.8, 4) is 5.75 Å². The molecule has 0 aliphatic heterocycles. The van der Waals surface area contributed by atoms with Crippen LogP contribution in [0.2, 0.25) is 0 Å². The fourth-order valence-electron chi connectivity index (χ4n) is 3.08. The minimum absolute atomic E-state index is 0.00817. The molecule has 0 aliphatic rings. The zero-order valence-corrected chi connectivity index (χ0v) is 19.1. The number of carbonyl (C=O) groups is 3. The number of phenolic OH excluding ortho intramolecular Hbond substituents is 1. The SMILES string of the molecule is CC(C)(C)OC(=O)NCC(=O)N(CCO)C(C(=O)NCc1ccccc1)c1ccc(O)cc1. The Hall–Kier alpha value is -3.59. The van der Waals surface area contributed by atoms with Gasteiger partial charge in [0.25, 0.3) is 0 Å². The minimum atomic E-state index is -1.09. The molecule has 9 heteroatoms. The molecule has 0 aromatic heterocycles. The Morgan fingerprint density at radius 1 is 1.00 bits per heavy atom. The highest BCUT2D eigenvalue weighted by atomic mass is 16.6. The van der Waals surface area contributed by atoms with E-state index in [1.54, 1.807) is 20.8 Å². The number of alkyl carbamates (subject to hydrolysis) is 1. The van der Waals surface area contributed by atoms with Crippen LogP contribution in [0.25, 0.3) is 0 Å². The molecule has 0 radical (unpaired) electrons. The highest BCUT2D eigenvalue weighted by Crippen LogP contribution is 2.24. The lowest BCUT2D eigenvalue weighted by atomic mass is 10.0. The maximum absolute atomic E-state index is 13.2. The van der Waals surface area contributed by atoms with Gasteiger partial charge in [0.05, 0.1) is 6.61 Å². The highest BCUT2D eigenvalue weighted by Gasteiger charge is 2.31. The summed E-state index contributed by atoms with van der Waals surface area (Å²) in [5, 5.41) is 24.4. The number of aliphatic hydroxyl groups is 1. The number of carbonyl (C=O) groups excluding carboxylic acids is 3. The van der Waals surface area contributed by atoms with Gasteiger partial charge in [-0.25, -0.2) is 4.79 Å². The van der Waals surface area contributed by atoms with Crippen LogP contribution in [0, 0.1) is 0 Å². The molecular formula is C24H31N3O6. The zero-order chi connectivity index (χ0) is 24.4. The zero-order valence-electron chi connectivity index (χ0n) is 19.1. The number of phenols is 1. The van der Waals surface area contributed by atoms with Gasteiger partial charge in [0.2, 0.25) is 11.8 Å². The van der Waals surface area contributed by atoms with Crippen LogP contribution < -0.4 is 10.6 Å². The molecule has 33 heavy (non-hydrogen) atoms. The average Bonchev–Trinajstić information content (AvgIpc) is 2.76. The normalized spacial score (nSPS) is 11.9. The van der Waals surface area contributed by atoms with E-state index in [0.717, 1.165) is 5.56 Å². The number of rotatable bonds is 9. The third-order valence-electron chi connectivity index (χ3n) is 4.52. The predicted octanol–water partition coefficient (Wildman–Crippen LogP) is 2.10. The summed E-state index contributed by atoms with van der Waals surface area (Å²) in [6.07, 6.45) is -0.769. The fourth-order valence-corrected chi connectivity index (χ4v) is 3.08. The monoisotopic (exact) mass is 457 g/mol. The Labute approximate surface area is 193 Å². The molecule has 0 fully saturated rings. The molecular weight excluding hydrogens is 426 g/mol. The minimum Gasteiger partial charge on any atom is -0.508 e. The van der Waals surface area contributed by atoms with Gasteiger partial charge < -0.3 is 30.5 Å².